The Hall–Kier alpha value is -1.26. The second-order valence-electron chi connectivity index (χ2n) is 6.27. The van der Waals surface area contributed by atoms with Crippen molar-refractivity contribution in [1.82, 2.24) is 15.5 Å². The van der Waals surface area contributed by atoms with Crippen molar-refractivity contribution in [3.8, 4) is 11.5 Å². The van der Waals surface area contributed by atoms with Crippen molar-refractivity contribution in [3.63, 3.8) is 0 Å². The average molecular weight is 492 g/mol. The minimum atomic E-state index is 0. The fourth-order valence-corrected chi connectivity index (χ4v) is 2.69. The monoisotopic (exact) mass is 492 g/mol. The Bertz CT molecular complexity index is 572. The first-order valence-electron chi connectivity index (χ1n) is 9.31. The van der Waals surface area contributed by atoms with Gasteiger partial charge in [0.2, 0.25) is 6.79 Å². The van der Waals surface area contributed by atoms with Crippen molar-refractivity contribution in [3.05, 3.63) is 23.8 Å². The van der Waals surface area contributed by atoms with Crippen LogP contribution in [0.25, 0.3) is 0 Å². The predicted molar refractivity (Wildman–Crippen MR) is 120 cm³/mol. The van der Waals surface area contributed by atoms with Gasteiger partial charge in [0.1, 0.15) is 0 Å². The van der Waals surface area contributed by atoms with Crippen LogP contribution in [-0.4, -0.2) is 71.1 Å². The number of nitrogens with zero attached hydrogens (tertiary/aromatic N) is 2. The molecular formula is C19H33IN4O3. The molecule has 0 aromatic heterocycles. The smallest absolute Gasteiger partial charge is 0.231 e. The van der Waals surface area contributed by atoms with Crippen molar-refractivity contribution in [2.24, 2.45) is 4.99 Å². The van der Waals surface area contributed by atoms with Gasteiger partial charge in [-0.25, -0.2) is 0 Å². The van der Waals surface area contributed by atoms with Crippen molar-refractivity contribution in [1.29, 1.82) is 0 Å². The van der Waals surface area contributed by atoms with E-state index in [-0.39, 0.29) is 24.0 Å². The zero-order valence-electron chi connectivity index (χ0n) is 16.6. The summed E-state index contributed by atoms with van der Waals surface area (Å²) in [5.74, 6) is 2.52. The molecule has 0 saturated carbocycles. The Morgan fingerprint density at radius 2 is 2.04 bits per heavy atom. The maximum Gasteiger partial charge on any atom is 0.231 e. The van der Waals surface area contributed by atoms with Crippen LogP contribution in [0.15, 0.2) is 23.2 Å². The highest BCUT2D eigenvalue weighted by atomic mass is 127. The minimum Gasteiger partial charge on any atom is -0.454 e. The first kappa shape index (κ1) is 23.8. The number of hydrogen-bond donors (Lipinski definition) is 2. The summed E-state index contributed by atoms with van der Waals surface area (Å²) >= 11 is 0. The van der Waals surface area contributed by atoms with Crippen molar-refractivity contribution >= 4 is 29.9 Å². The standard InChI is InChI=1S/C19H32N4O3.HI/c1-4-20-19(22-10-12-23(2)11-5-13-24-3)21-9-8-16-6-7-17-18(14-16)26-15-25-17;/h6-7,14H,4-5,8-13,15H2,1-3H3,(H2,20,21,22);1H. The van der Waals surface area contributed by atoms with Gasteiger partial charge in [-0.05, 0) is 44.5 Å². The third-order valence-electron chi connectivity index (χ3n) is 4.13. The zero-order valence-corrected chi connectivity index (χ0v) is 19.0. The molecular weight excluding hydrogens is 459 g/mol. The molecule has 8 heteroatoms. The molecule has 154 valence electrons. The Morgan fingerprint density at radius 3 is 2.81 bits per heavy atom. The molecule has 0 fully saturated rings. The number of halogens is 1. The summed E-state index contributed by atoms with van der Waals surface area (Å²) < 4.78 is 15.9. The van der Waals surface area contributed by atoms with Gasteiger partial charge in [0.25, 0.3) is 0 Å². The summed E-state index contributed by atoms with van der Waals surface area (Å²) in [6.45, 7) is 7.58. The molecule has 1 aliphatic heterocycles. The van der Waals surface area contributed by atoms with E-state index in [9.17, 15) is 0 Å². The topological polar surface area (TPSA) is 67.4 Å². The maximum atomic E-state index is 5.42. The molecule has 0 aliphatic carbocycles. The summed E-state index contributed by atoms with van der Waals surface area (Å²) in [4.78, 5) is 6.92. The first-order valence-corrected chi connectivity index (χ1v) is 9.31. The van der Waals surface area contributed by atoms with Gasteiger partial charge in [0.05, 0.1) is 6.54 Å². The molecule has 27 heavy (non-hydrogen) atoms. The number of rotatable bonds is 11. The fourth-order valence-electron chi connectivity index (χ4n) is 2.69. The van der Waals surface area contributed by atoms with Gasteiger partial charge in [-0.1, -0.05) is 6.07 Å². The van der Waals surface area contributed by atoms with Gasteiger partial charge in [-0.15, -0.1) is 24.0 Å². The molecule has 0 unspecified atom stereocenters. The number of likely N-dealkylation sites (N-methyl/N-ethyl adjacent to an activating group) is 1. The van der Waals surface area contributed by atoms with Crippen molar-refractivity contribution < 1.29 is 14.2 Å². The number of nitrogens with one attached hydrogen (secondary N) is 2. The Morgan fingerprint density at radius 1 is 1.22 bits per heavy atom. The van der Waals surface area contributed by atoms with Crippen LogP contribution >= 0.6 is 24.0 Å². The highest BCUT2D eigenvalue weighted by Crippen LogP contribution is 2.32. The summed E-state index contributed by atoms with van der Waals surface area (Å²) in [6.07, 6.45) is 1.95. The molecule has 1 aliphatic rings. The predicted octanol–water partition coefficient (Wildman–Crippen LogP) is 2.10. The second kappa shape index (κ2) is 13.8. The highest BCUT2D eigenvalue weighted by Gasteiger charge is 2.12. The molecule has 0 amide bonds. The third-order valence-corrected chi connectivity index (χ3v) is 4.13. The Kier molecular flexibility index (Phi) is 12.2. The lowest BCUT2D eigenvalue weighted by Crippen LogP contribution is -2.39. The maximum absolute atomic E-state index is 5.42. The summed E-state index contributed by atoms with van der Waals surface area (Å²) in [5, 5.41) is 6.68. The SMILES string of the molecule is CCNC(=NCCN(C)CCCOC)NCCc1ccc2c(c1)OCO2.I. The summed E-state index contributed by atoms with van der Waals surface area (Å²) in [5.41, 5.74) is 1.22. The molecule has 0 bridgehead atoms. The van der Waals surface area contributed by atoms with Crippen LogP contribution in [0.4, 0.5) is 0 Å². The van der Waals surface area contributed by atoms with E-state index in [1.165, 1.54) is 5.56 Å². The van der Waals surface area contributed by atoms with Crippen LogP contribution in [0.1, 0.15) is 18.9 Å². The number of aliphatic imine (C=N–C) groups is 1. The Labute approximate surface area is 179 Å². The van der Waals surface area contributed by atoms with E-state index in [4.69, 9.17) is 14.2 Å². The van der Waals surface area contributed by atoms with E-state index in [0.717, 1.165) is 69.6 Å². The van der Waals surface area contributed by atoms with E-state index < -0.39 is 0 Å². The minimum absolute atomic E-state index is 0. The Balaban J connectivity index is 0.00000364. The lowest BCUT2D eigenvalue weighted by atomic mass is 10.1. The summed E-state index contributed by atoms with van der Waals surface area (Å²) in [7, 11) is 3.85. The molecule has 0 radical (unpaired) electrons. The molecule has 2 rings (SSSR count). The molecule has 0 spiro atoms. The third kappa shape index (κ3) is 8.98. The van der Waals surface area contributed by atoms with Gasteiger partial charge in [-0.2, -0.15) is 0 Å². The molecule has 0 atom stereocenters. The van der Waals surface area contributed by atoms with E-state index in [1.807, 2.05) is 12.1 Å². The van der Waals surface area contributed by atoms with Crippen LogP contribution in [0.5, 0.6) is 11.5 Å². The molecule has 1 aromatic carbocycles. The number of ether oxygens (including phenoxy) is 3. The second-order valence-corrected chi connectivity index (χ2v) is 6.27. The average Bonchev–Trinajstić information content (AvgIpc) is 3.10. The normalized spacial score (nSPS) is 12.8. The highest BCUT2D eigenvalue weighted by molar-refractivity contribution is 14.0. The van der Waals surface area contributed by atoms with Gasteiger partial charge < -0.3 is 29.7 Å². The largest absolute Gasteiger partial charge is 0.454 e. The summed E-state index contributed by atoms with van der Waals surface area (Å²) in [6, 6.07) is 6.09. The zero-order chi connectivity index (χ0) is 18.6. The van der Waals surface area contributed by atoms with Gasteiger partial charge in [0, 0.05) is 39.9 Å². The number of guanidine groups is 1. The molecule has 1 heterocycles. The molecule has 7 nitrogen and oxygen atoms in total. The fraction of sp³-hybridized carbons (Fsp3) is 0.632. The number of benzene rings is 1. The molecule has 2 N–H and O–H groups in total. The first-order chi connectivity index (χ1) is 12.7. The van der Waals surface area contributed by atoms with Crippen LogP contribution in [0.3, 0.4) is 0 Å². The van der Waals surface area contributed by atoms with E-state index in [2.05, 4.69) is 40.6 Å². The lowest BCUT2D eigenvalue weighted by molar-refractivity contribution is 0.174. The molecule has 0 saturated heterocycles. The number of hydrogen-bond acceptors (Lipinski definition) is 5. The van der Waals surface area contributed by atoms with Crippen LogP contribution in [-0.2, 0) is 11.2 Å². The lowest BCUT2D eigenvalue weighted by Gasteiger charge is -2.16. The van der Waals surface area contributed by atoms with Crippen LogP contribution in [0, 0.1) is 0 Å². The van der Waals surface area contributed by atoms with E-state index in [0.29, 0.717) is 6.79 Å². The van der Waals surface area contributed by atoms with Gasteiger partial charge >= 0.3 is 0 Å². The number of methoxy groups -OCH3 is 1. The van der Waals surface area contributed by atoms with Crippen LogP contribution < -0.4 is 20.1 Å². The van der Waals surface area contributed by atoms with E-state index >= 15 is 0 Å². The van der Waals surface area contributed by atoms with Gasteiger partial charge in [0.15, 0.2) is 17.5 Å². The van der Waals surface area contributed by atoms with Gasteiger partial charge in [-0.3, -0.25) is 4.99 Å². The van der Waals surface area contributed by atoms with Crippen molar-refractivity contribution in [2.75, 3.05) is 60.3 Å². The quantitative estimate of drug-likeness (QED) is 0.214. The number of fused-ring (bicyclic) bond motifs is 1. The van der Waals surface area contributed by atoms with Crippen LogP contribution in [0.2, 0.25) is 0 Å². The van der Waals surface area contributed by atoms with Crippen molar-refractivity contribution in [2.45, 2.75) is 19.8 Å². The van der Waals surface area contributed by atoms with E-state index in [1.54, 1.807) is 7.11 Å². The molecule has 1 aromatic rings.